The van der Waals surface area contributed by atoms with Crippen LogP contribution in [0.2, 0.25) is 0 Å². The molecule has 0 saturated heterocycles. The number of hydrogen-bond acceptors (Lipinski definition) is 8. The molecule has 0 radical (unpaired) electrons. The number of aromatic amines is 1. The molecule has 2 heterocycles. The van der Waals surface area contributed by atoms with Gasteiger partial charge >= 0.3 is 5.97 Å². The monoisotopic (exact) mass is 353 g/mol. The van der Waals surface area contributed by atoms with Gasteiger partial charge in [0, 0.05) is 25.5 Å². The van der Waals surface area contributed by atoms with Crippen molar-refractivity contribution in [3.63, 3.8) is 0 Å². The van der Waals surface area contributed by atoms with Crippen molar-refractivity contribution in [3.8, 4) is 0 Å². The van der Waals surface area contributed by atoms with E-state index in [-0.39, 0.29) is 36.6 Å². The first-order chi connectivity index (χ1) is 12.0. The first-order valence-electron chi connectivity index (χ1n) is 8.70. The molecule has 9 nitrogen and oxygen atoms in total. The number of hydrogen-bond donors (Lipinski definition) is 4. The number of nitrogens with two attached hydrogens (primary N) is 1. The van der Waals surface area contributed by atoms with Gasteiger partial charge in [-0.2, -0.15) is 4.98 Å². The zero-order valence-corrected chi connectivity index (χ0v) is 14.6. The average molecular weight is 353 g/mol. The number of fused-ring (bicyclic) bond motifs is 1. The maximum atomic E-state index is 11.8. The number of carbonyl (C=O) groups excluding carboxylic acids is 1. The molecule has 25 heavy (non-hydrogen) atoms. The molecule has 5 N–H and O–H groups in total. The summed E-state index contributed by atoms with van der Waals surface area (Å²) in [5.41, 5.74) is 5.69. The lowest BCUT2D eigenvalue weighted by Crippen LogP contribution is -2.28. The summed E-state index contributed by atoms with van der Waals surface area (Å²) >= 11 is 0. The van der Waals surface area contributed by atoms with Crippen LogP contribution in [0, 0.1) is 5.92 Å². The molecule has 0 amide bonds. The Balaban J connectivity index is 1.80. The number of unbranched alkanes of at least 4 members (excludes halogenated alkanes) is 2. The van der Waals surface area contributed by atoms with Gasteiger partial charge in [-0.1, -0.05) is 19.8 Å². The Hall–Kier alpha value is -2.29. The third-order valence-corrected chi connectivity index (χ3v) is 4.19. The van der Waals surface area contributed by atoms with E-state index < -0.39 is 0 Å². The topological polar surface area (TPSA) is 134 Å². The second-order valence-corrected chi connectivity index (χ2v) is 6.23. The van der Waals surface area contributed by atoms with Crippen LogP contribution in [0.4, 0.5) is 17.5 Å². The number of aromatic nitrogens is 2. The molecule has 1 unspecified atom stereocenters. The summed E-state index contributed by atoms with van der Waals surface area (Å²) in [5, 5.41) is 12.5. The first-order valence-corrected chi connectivity index (χ1v) is 8.70. The molecule has 9 heteroatoms. The van der Waals surface area contributed by atoms with Crippen molar-refractivity contribution < 1.29 is 14.6 Å². The van der Waals surface area contributed by atoms with Gasteiger partial charge in [-0.25, -0.2) is 0 Å². The van der Waals surface area contributed by atoms with Crippen molar-refractivity contribution in [1.29, 1.82) is 0 Å². The number of nitrogen functional groups attached to an aromatic ring is 1. The van der Waals surface area contributed by atoms with Gasteiger partial charge in [0.25, 0.3) is 5.56 Å². The Kier molecular flexibility index (Phi) is 7.05. The van der Waals surface area contributed by atoms with Crippen LogP contribution in [0.5, 0.6) is 0 Å². The summed E-state index contributed by atoms with van der Waals surface area (Å²) in [6.45, 7) is 3.22. The van der Waals surface area contributed by atoms with Crippen LogP contribution in [0.25, 0.3) is 0 Å². The minimum absolute atomic E-state index is 0.0668. The molecule has 1 atom stereocenters. The number of aliphatic hydroxyl groups excluding tert-OH is 1. The van der Waals surface area contributed by atoms with E-state index in [1.54, 1.807) is 0 Å². The Morgan fingerprint density at radius 2 is 2.28 bits per heavy atom. The second kappa shape index (κ2) is 9.26. The molecule has 0 fully saturated rings. The number of nitrogens with one attached hydrogen (secondary N) is 2. The SMILES string of the molecule is CCCCCC(=O)OCC(CO)CCN1CNc2c1nc(N)[nH]c2=O. The molecular weight excluding hydrogens is 326 g/mol. The largest absolute Gasteiger partial charge is 0.465 e. The molecule has 0 saturated carbocycles. The van der Waals surface area contributed by atoms with E-state index in [4.69, 9.17) is 10.5 Å². The third-order valence-electron chi connectivity index (χ3n) is 4.19. The van der Waals surface area contributed by atoms with Gasteiger partial charge in [0.2, 0.25) is 5.95 Å². The molecule has 1 aromatic rings. The van der Waals surface area contributed by atoms with Crippen LogP contribution in [0.1, 0.15) is 39.0 Å². The summed E-state index contributed by atoms with van der Waals surface area (Å²) in [6, 6.07) is 0. The standard InChI is InChI=1S/C16H27N5O4/c1-2-3-4-5-12(23)25-9-11(8-22)6-7-21-10-18-13-14(21)19-16(17)20-15(13)24/h11,18,22H,2-10H2,1H3,(H3,17,19,20,24). The van der Waals surface area contributed by atoms with Crippen molar-refractivity contribution >= 4 is 23.4 Å². The number of H-pyrrole nitrogens is 1. The Morgan fingerprint density at radius 3 is 3.00 bits per heavy atom. The molecular formula is C16H27N5O4. The summed E-state index contributed by atoms with van der Waals surface area (Å²) in [7, 11) is 0. The molecule has 2 rings (SSSR count). The maximum absolute atomic E-state index is 11.8. The number of carbonyl (C=O) groups is 1. The van der Waals surface area contributed by atoms with Gasteiger partial charge in [0.1, 0.15) is 5.69 Å². The van der Waals surface area contributed by atoms with Gasteiger partial charge in [-0.05, 0) is 12.8 Å². The van der Waals surface area contributed by atoms with E-state index in [0.717, 1.165) is 19.3 Å². The van der Waals surface area contributed by atoms with E-state index in [1.165, 1.54) is 0 Å². The highest BCUT2D eigenvalue weighted by molar-refractivity contribution is 5.70. The normalized spacial score (nSPS) is 14.1. The fraction of sp³-hybridized carbons (Fsp3) is 0.688. The molecule has 140 valence electrons. The molecule has 0 spiro atoms. The van der Waals surface area contributed by atoms with Gasteiger partial charge in [0.15, 0.2) is 5.82 Å². The maximum Gasteiger partial charge on any atom is 0.305 e. The van der Waals surface area contributed by atoms with E-state index >= 15 is 0 Å². The minimum Gasteiger partial charge on any atom is -0.465 e. The van der Waals surface area contributed by atoms with Crippen molar-refractivity contribution in [2.24, 2.45) is 5.92 Å². The van der Waals surface area contributed by atoms with Crippen molar-refractivity contribution in [1.82, 2.24) is 9.97 Å². The lowest BCUT2D eigenvalue weighted by atomic mass is 10.1. The van der Waals surface area contributed by atoms with Crippen LogP contribution < -0.4 is 21.5 Å². The Morgan fingerprint density at radius 1 is 1.48 bits per heavy atom. The molecule has 1 aliphatic heterocycles. The summed E-state index contributed by atoms with van der Waals surface area (Å²) in [6.07, 6.45) is 3.92. The van der Waals surface area contributed by atoms with Crippen LogP contribution >= 0.6 is 0 Å². The average Bonchev–Trinajstić information content (AvgIpc) is 2.98. The van der Waals surface area contributed by atoms with Crippen molar-refractivity contribution in [3.05, 3.63) is 10.4 Å². The van der Waals surface area contributed by atoms with Crippen LogP contribution in [-0.2, 0) is 9.53 Å². The molecule has 1 aromatic heterocycles. The summed E-state index contributed by atoms with van der Waals surface area (Å²) in [5.74, 6) is 0.200. The molecule has 1 aliphatic rings. The number of esters is 1. The highest BCUT2D eigenvalue weighted by Gasteiger charge is 2.24. The number of rotatable bonds is 10. The van der Waals surface area contributed by atoms with Gasteiger partial charge in [-0.15, -0.1) is 0 Å². The second-order valence-electron chi connectivity index (χ2n) is 6.23. The van der Waals surface area contributed by atoms with Gasteiger partial charge < -0.3 is 25.8 Å². The van der Waals surface area contributed by atoms with Crippen molar-refractivity contribution in [2.45, 2.75) is 39.0 Å². The Bertz CT molecular complexity index is 633. The molecule has 0 aromatic carbocycles. The predicted octanol–water partition coefficient (Wildman–Crippen LogP) is 0.664. The fourth-order valence-electron chi connectivity index (χ4n) is 2.67. The molecule has 0 aliphatic carbocycles. The van der Waals surface area contributed by atoms with Gasteiger partial charge in [0.05, 0.1) is 13.3 Å². The number of anilines is 3. The Labute approximate surface area is 146 Å². The third kappa shape index (κ3) is 5.35. The lowest BCUT2D eigenvalue weighted by Gasteiger charge is -2.20. The predicted molar refractivity (Wildman–Crippen MR) is 95.4 cm³/mol. The van der Waals surface area contributed by atoms with E-state index in [2.05, 4.69) is 22.2 Å². The number of aliphatic hydroxyl groups is 1. The van der Waals surface area contributed by atoms with E-state index in [1.807, 2.05) is 4.90 Å². The molecule has 0 bridgehead atoms. The zero-order chi connectivity index (χ0) is 18.2. The lowest BCUT2D eigenvalue weighted by molar-refractivity contribution is -0.145. The van der Waals surface area contributed by atoms with Crippen molar-refractivity contribution in [2.75, 3.05) is 42.4 Å². The number of ether oxygens (including phenoxy) is 1. The van der Waals surface area contributed by atoms with Crippen LogP contribution in [-0.4, -0.2) is 47.5 Å². The highest BCUT2D eigenvalue weighted by Crippen LogP contribution is 2.26. The van der Waals surface area contributed by atoms with Crippen LogP contribution in [0.15, 0.2) is 4.79 Å². The van der Waals surface area contributed by atoms with E-state index in [0.29, 0.717) is 37.6 Å². The fourth-order valence-corrected chi connectivity index (χ4v) is 2.67. The van der Waals surface area contributed by atoms with Crippen LogP contribution in [0.3, 0.4) is 0 Å². The minimum atomic E-state index is -0.301. The van der Waals surface area contributed by atoms with E-state index in [9.17, 15) is 14.7 Å². The summed E-state index contributed by atoms with van der Waals surface area (Å²) < 4.78 is 5.24. The van der Waals surface area contributed by atoms with Gasteiger partial charge in [-0.3, -0.25) is 14.6 Å². The highest BCUT2D eigenvalue weighted by atomic mass is 16.5. The smallest absolute Gasteiger partial charge is 0.305 e. The summed E-state index contributed by atoms with van der Waals surface area (Å²) in [4.78, 5) is 31.9. The quantitative estimate of drug-likeness (QED) is 0.356. The number of nitrogens with zero attached hydrogens (tertiary/aromatic N) is 2. The zero-order valence-electron chi connectivity index (χ0n) is 14.6. The first kappa shape index (κ1) is 19.0.